The summed E-state index contributed by atoms with van der Waals surface area (Å²) in [4.78, 5) is 14.0. The fourth-order valence-corrected chi connectivity index (χ4v) is 2.96. The number of nitrogens with zero attached hydrogens (tertiary/aromatic N) is 1. The zero-order chi connectivity index (χ0) is 13.1. The number of ether oxygens (including phenoxy) is 1. The third-order valence-electron chi connectivity index (χ3n) is 3.97. The molecule has 1 aromatic carbocycles. The number of carbonyl (C=O) groups is 1. The lowest BCUT2D eigenvalue weighted by Gasteiger charge is -2.23. The average molecular weight is 257 g/mol. The molecule has 1 aromatic rings. The van der Waals surface area contributed by atoms with Crippen LogP contribution in [0.2, 0.25) is 0 Å². The van der Waals surface area contributed by atoms with E-state index in [0.29, 0.717) is 12.5 Å². The van der Waals surface area contributed by atoms with Crippen LogP contribution in [-0.2, 0) is 11.3 Å². The highest BCUT2D eigenvalue weighted by atomic mass is 16.6. The van der Waals surface area contributed by atoms with Gasteiger partial charge in [-0.25, -0.2) is 4.79 Å². The first-order valence-corrected chi connectivity index (χ1v) is 7.03. The van der Waals surface area contributed by atoms with E-state index in [2.05, 4.69) is 6.08 Å². The molecule has 1 fully saturated rings. The Balaban J connectivity index is 1.60. The fraction of sp³-hybridized carbons (Fsp3) is 0.438. The van der Waals surface area contributed by atoms with Gasteiger partial charge in [0.15, 0.2) is 0 Å². The normalized spacial score (nSPS) is 21.8. The van der Waals surface area contributed by atoms with Gasteiger partial charge in [0.25, 0.3) is 0 Å². The van der Waals surface area contributed by atoms with Crippen molar-refractivity contribution in [2.75, 3.05) is 6.54 Å². The second-order valence-corrected chi connectivity index (χ2v) is 5.24. The number of carbonyl (C=O) groups excluding carboxylic acids is 1. The average Bonchev–Trinajstić information content (AvgIpc) is 2.90. The molecule has 0 bridgehead atoms. The van der Waals surface area contributed by atoms with Gasteiger partial charge >= 0.3 is 6.09 Å². The summed E-state index contributed by atoms with van der Waals surface area (Å²) in [6.07, 6.45) is 6.67. The van der Waals surface area contributed by atoms with Gasteiger partial charge in [0.2, 0.25) is 0 Å². The molecule has 1 unspecified atom stereocenters. The Labute approximate surface area is 113 Å². The van der Waals surface area contributed by atoms with Crippen LogP contribution in [0, 0.1) is 5.92 Å². The minimum atomic E-state index is -0.195. The molecule has 0 aromatic heterocycles. The maximum Gasteiger partial charge on any atom is 0.414 e. The van der Waals surface area contributed by atoms with Crippen LogP contribution in [0.4, 0.5) is 4.79 Å². The molecule has 2 aliphatic rings. The highest BCUT2D eigenvalue weighted by Crippen LogP contribution is 2.36. The number of hydrogen-bond donors (Lipinski definition) is 0. The first-order chi connectivity index (χ1) is 9.34. The van der Waals surface area contributed by atoms with E-state index in [0.717, 1.165) is 24.9 Å². The Morgan fingerprint density at radius 3 is 2.95 bits per heavy atom. The summed E-state index contributed by atoms with van der Waals surface area (Å²) in [5.74, 6) is 0.582. The van der Waals surface area contributed by atoms with Crippen molar-refractivity contribution >= 4 is 6.09 Å². The smallest absolute Gasteiger partial charge is 0.414 e. The summed E-state index contributed by atoms with van der Waals surface area (Å²) >= 11 is 0. The fourth-order valence-electron chi connectivity index (χ4n) is 2.96. The van der Waals surface area contributed by atoms with Crippen LogP contribution in [0.15, 0.2) is 42.1 Å². The van der Waals surface area contributed by atoms with Gasteiger partial charge in [-0.2, -0.15) is 0 Å². The maximum atomic E-state index is 12.1. The summed E-state index contributed by atoms with van der Waals surface area (Å²) in [6.45, 7) is 1.16. The Morgan fingerprint density at radius 1 is 1.26 bits per heavy atom. The summed E-state index contributed by atoms with van der Waals surface area (Å²) in [5, 5.41) is 0. The standard InChI is InChI=1S/C16H19NO2/c18-16(19-12-13-6-2-1-3-7-13)17-11-10-14-8-4-5-9-15(14)17/h1-3,6-7,9,14H,4-5,8,10-12H2. The van der Waals surface area contributed by atoms with Gasteiger partial charge in [-0.3, -0.25) is 4.90 Å². The van der Waals surface area contributed by atoms with Gasteiger partial charge in [-0.1, -0.05) is 36.4 Å². The lowest BCUT2D eigenvalue weighted by atomic mass is 9.93. The van der Waals surface area contributed by atoms with Gasteiger partial charge in [0.05, 0.1) is 0 Å². The molecule has 1 aliphatic carbocycles. The zero-order valence-corrected chi connectivity index (χ0v) is 11.0. The Hall–Kier alpha value is -1.77. The van der Waals surface area contributed by atoms with Crippen LogP contribution >= 0.6 is 0 Å². The highest BCUT2D eigenvalue weighted by Gasteiger charge is 2.33. The Morgan fingerprint density at radius 2 is 2.11 bits per heavy atom. The summed E-state index contributed by atoms with van der Waals surface area (Å²) in [6, 6.07) is 9.82. The molecule has 3 nitrogen and oxygen atoms in total. The molecule has 0 spiro atoms. The van der Waals surface area contributed by atoms with Crippen LogP contribution in [0.1, 0.15) is 31.2 Å². The quantitative estimate of drug-likeness (QED) is 0.808. The third kappa shape index (κ3) is 2.65. The predicted molar refractivity (Wildman–Crippen MR) is 73.4 cm³/mol. The van der Waals surface area contributed by atoms with E-state index in [4.69, 9.17) is 4.74 Å². The lowest BCUT2D eigenvalue weighted by molar-refractivity contribution is 0.110. The van der Waals surface area contributed by atoms with Gasteiger partial charge in [-0.15, -0.1) is 0 Å². The molecule has 0 N–H and O–H groups in total. The lowest BCUT2D eigenvalue weighted by Crippen LogP contribution is -2.28. The van der Waals surface area contributed by atoms with Crippen LogP contribution in [0.5, 0.6) is 0 Å². The van der Waals surface area contributed by atoms with Crippen molar-refractivity contribution in [2.24, 2.45) is 5.92 Å². The minimum Gasteiger partial charge on any atom is -0.444 e. The number of allylic oxidation sites excluding steroid dienone is 2. The number of amides is 1. The van der Waals surface area contributed by atoms with Crippen molar-refractivity contribution in [3.05, 3.63) is 47.7 Å². The van der Waals surface area contributed by atoms with E-state index in [9.17, 15) is 4.79 Å². The van der Waals surface area contributed by atoms with Gasteiger partial charge in [0, 0.05) is 18.2 Å². The number of rotatable bonds is 2. The molecule has 100 valence electrons. The molecular formula is C16H19NO2. The SMILES string of the molecule is O=C(OCc1ccccc1)N1CCC2CCCC=C21. The second kappa shape index (κ2) is 5.47. The Kier molecular flexibility index (Phi) is 3.53. The van der Waals surface area contributed by atoms with Crippen LogP contribution in [0.3, 0.4) is 0 Å². The van der Waals surface area contributed by atoms with E-state index >= 15 is 0 Å². The van der Waals surface area contributed by atoms with Gasteiger partial charge in [-0.05, 0) is 31.2 Å². The maximum absolute atomic E-state index is 12.1. The molecule has 1 amide bonds. The van der Waals surface area contributed by atoms with Crippen LogP contribution < -0.4 is 0 Å². The monoisotopic (exact) mass is 257 g/mol. The van der Waals surface area contributed by atoms with E-state index in [1.807, 2.05) is 35.2 Å². The molecular weight excluding hydrogens is 238 g/mol. The number of likely N-dealkylation sites (tertiary alicyclic amines) is 1. The number of fused-ring (bicyclic) bond motifs is 1. The summed E-state index contributed by atoms with van der Waals surface area (Å²) in [5.41, 5.74) is 2.23. The number of hydrogen-bond acceptors (Lipinski definition) is 2. The largest absolute Gasteiger partial charge is 0.444 e. The number of benzene rings is 1. The van der Waals surface area contributed by atoms with Gasteiger partial charge < -0.3 is 4.74 Å². The molecule has 3 heteroatoms. The van der Waals surface area contributed by atoms with Crippen molar-refractivity contribution < 1.29 is 9.53 Å². The molecule has 1 aliphatic heterocycles. The van der Waals surface area contributed by atoms with Gasteiger partial charge in [0.1, 0.15) is 6.61 Å². The molecule has 1 saturated heterocycles. The third-order valence-corrected chi connectivity index (χ3v) is 3.97. The van der Waals surface area contributed by atoms with Crippen molar-refractivity contribution in [3.63, 3.8) is 0 Å². The first-order valence-electron chi connectivity index (χ1n) is 7.03. The second-order valence-electron chi connectivity index (χ2n) is 5.24. The van der Waals surface area contributed by atoms with E-state index in [-0.39, 0.29) is 6.09 Å². The van der Waals surface area contributed by atoms with Crippen molar-refractivity contribution in [3.8, 4) is 0 Å². The molecule has 1 atom stereocenters. The molecule has 0 saturated carbocycles. The predicted octanol–water partition coefficient (Wildman–Crippen LogP) is 3.71. The molecule has 0 radical (unpaired) electrons. The summed E-state index contributed by atoms with van der Waals surface area (Å²) in [7, 11) is 0. The Bertz CT molecular complexity index is 481. The molecule has 3 rings (SSSR count). The molecule has 1 heterocycles. The van der Waals surface area contributed by atoms with E-state index in [1.165, 1.54) is 18.5 Å². The highest BCUT2D eigenvalue weighted by molar-refractivity contribution is 5.70. The zero-order valence-electron chi connectivity index (χ0n) is 11.0. The van der Waals surface area contributed by atoms with E-state index < -0.39 is 0 Å². The van der Waals surface area contributed by atoms with Crippen molar-refractivity contribution in [2.45, 2.75) is 32.3 Å². The van der Waals surface area contributed by atoms with E-state index in [1.54, 1.807) is 0 Å². The summed E-state index contributed by atoms with van der Waals surface area (Å²) < 4.78 is 5.41. The van der Waals surface area contributed by atoms with Crippen LogP contribution in [-0.4, -0.2) is 17.5 Å². The van der Waals surface area contributed by atoms with Crippen molar-refractivity contribution in [1.82, 2.24) is 4.90 Å². The topological polar surface area (TPSA) is 29.5 Å². The van der Waals surface area contributed by atoms with Crippen LogP contribution in [0.25, 0.3) is 0 Å². The van der Waals surface area contributed by atoms with Crippen molar-refractivity contribution in [1.29, 1.82) is 0 Å². The minimum absolute atomic E-state index is 0.195. The molecule has 19 heavy (non-hydrogen) atoms. The first kappa shape index (κ1) is 12.3.